The smallest absolute Gasteiger partial charge is 0.224 e. The molecule has 0 saturated carbocycles. The molecule has 1 aromatic carbocycles. The van der Waals surface area contributed by atoms with Crippen LogP contribution in [0.1, 0.15) is 31.4 Å². The number of benzene rings is 1. The van der Waals surface area contributed by atoms with Gasteiger partial charge in [-0.2, -0.15) is 0 Å². The Morgan fingerprint density at radius 1 is 1.50 bits per heavy atom. The number of hydrogen-bond donors (Lipinski definition) is 1. The van der Waals surface area contributed by atoms with Crippen LogP contribution in [0, 0.1) is 11.7 Å². The first kappa shape index (κ1) is 15.4. The molecule has 4 nitrogen and oxygen atoms in total. The molecule has 2 saturated heterocycles. The molecule has 2 heterocycles. The standard InChI is InChI=1S/C17H23FN2O2/c1-12-5-7-20(16(21)10-15-11-22-8-6-19-15)17(12)13-3-2-4-14(18)9-13/h2-4,9,12,15,17,19H,5-8,10-11H2,1H3. The first-order chi connectivity index (χ1) is 10.6. The summed E-state index contributed by atoms with van der Waals surface area (Å²) in [5.74, 6) is 0.231. The molecule has 22 heavy (non-hydrogen) atoms. The zero-order valence-corrected chi connectivity index (χ0v) is 12.9. The predicted molar refractivity (Wildman–Crippen MR) is 81.9 cm³/mol. The molecule has 1 N–H and O–H groups in total. The Hall–Kier alpha value is -1.46. The lowest BCUT2D eigenvalue weighted by atomic mass is 9.95. The van der Waals surface area contributed by atoms with Crippen molar-refractivity contribution in [2.24, 2.45) is 5.92 Å². The lowest BCUT2D eigenvalue weighted by Gasteiger charge is -2.30. The normalized spacial score (nSPS) is 28.8. The monoisotopic (exact) mass is 306 g/mol. The van der Waals surface area contributed by atoms with Crippen molar-refractivity contribution >= 4 is 5.91 Å². The second-order valence-corrected chi connectivity index (χ2v) is 6.28. The van der Waals surface area contributed by atoms with E-state index in [-0.39, 0.29) is 23.8 Å². The average Bonchev–Trinajstić information content (AvgIpc) is 2.90. The number of nitrogens with one attached hydrogen (secondary N) is 1. The summed E-state index contributed by atoms with van der Waals surface area (Å²) in [6.45, 7) is 4.96. The number of halogens is 1. The number of hydrogen-bond acceptors (Lipinski definition) is 3. The minimum Gasteiger partial charge on any atom is -0.378 e. The molecule has 1 aromatic rings. The highest BCUT2D eigenvalue weighted by Crippen LogP contribution is 2.37. The second kappa shape index (κ2) is 6.75. The van der Waals surface area contributed by atoms with Crippen molar-refractivity contribution in [3.8, 4) is 0 Å². The van der Waals surface area contributed by atoms with Crippen LogP contribution in [0.4, 0.5) is 4.39 Å². The third kappa shape index (κ3) is 3.31. The van der Waals surface area contributed by atoms with Crippen LogP contribution in [0.15, 0.2) is 24.3 Å². The van der Waals surface area contributed by atoms with Gasteiger partial charge in [0.1, 0.15) is 5.82 Å². The summed E-state index contributed by atoms with van der Waals surface area (Å²) < 4.78 is 18.9. The molecule has 0 bridgehead atoms. The van der Waals surface area contributed by atoms with E-state index in [0.717, 1.165) is 25.1 Å². The highest BCUT2D eigenvalue weighted by Gasteiger charge is 2.36. The average molecular weight is 306 g/mol. The van der Waals surface area contributed by atoms with Crippen LogP contribution in [0.25, 0.3) is 0 Å². The van der Waals surface area contributed by atoms with Crippen molar-refractivity contribution in [2.45, 2.75) is 31.8 Å². The van der Waals surface area contributed by atoms with Gasteiger partial charge in [-0.25, -0.2) is 4.39 Å². The van der Waals surface area contributed by atoms with Crippen molar-refractivity contribution < 1.29 is 13.9 Å². The number of likely N-dealkylation sites (tertiary alicyclic amines) is 1. The maximum absolute atomic E-state index is 13.5. The second-order valence-electron chi connectivity index (χ2n) is 6.28. The molecule has 1 amide bonds. The van der Waals surface area contributed by atoms with E-state index in [2.05, 4.69) is 12.2 Å². The number of morpholine rings is 1. The molecule has 2 aliphatic heterocycles. The summed E-state index contributed by atoms with van der Waals surface area (Å²) in [5, 5.41) is 3.32. The molecule has 5 heteroatoms. The summed E-state index contributed by atoms with van der Waals surface area (Å²) in [4.78, 5) is 14.6. The molecule has 120 valence electrons. The summed E-state index contributed by atoms with van der Waals surface area (Å²) >= 11 is 0. The van der Waals surface area contributed by atoms with Gasteiger partial charge in [-0.1, -0.05) is 19.1 Å². The summed E-state index contributed by atoms with van der Waals surface area (Å²) in [6.07, 6.45) is 1.40. The van der Waals surface area contributed by atoms with Crippen molar-refractivity contribution in [1.82, 2.24) is 10.2 Å². The van der Waals surface area contributed by atoms with E-state index in [0.29, 0.717) is 25.6 Å². The molecular weight excluding hydrogens is 283 g/mol. The number of amides is 1. The maximum Gasteiger partial charge on any atom is 0.224 e. The Bertz CT molecular complexity index is 531. The number of carbonyl (C=O) groups is 1. The third-order valence-electron chi connectivity index (χ3n) is 4.63. The minimum atomic E-state index is -0.244. The molecule has 2 aliphatic rings. The highest BCUT2D eigenvalue weighted by atomic mass is 19.1. The van der Waals surface area contributed by atoms with Gasteiger partial charge in [0.15, 0.2) is 0 Å². The number of carbonyl (C=O) groups excluding carboxylic acids is 1. The van der Waals surface area contributed by atoms with E-state index >= 15 is 0 Å². The molecular formula is C17H23FN2O2. The van der Waals surface area contributed by atoms with Crippen molar-refractivity contribution in [1.29, 1.82) is 0 Å². The van der Waals surface area contributed by atoms with Gasteiger partial charge >= 0.3 is 0 Å². The molecule has 2 fully saturated rings. The quantitative estimate of drug-likeness (QED) is 0.930. The lowest BCUT2D eigenvalue weighted by molar-refractivity contribution is -0.133. The van der Waals surface area contributed by atoms with Gasteiger partial charge in [-0.05, 0) is 30.0 Å². The molecule has 0 radical (unpaired) electrons. The Kier molecular flexibility index (Phi) is 4.74. The van der Waals surface area contributed by atoms with E-state index in [9.17, 15) is 9.18 Å². The fourth-order valence-corrected chi connectivity index (χ4v) is 3.50. The molecule has 3 rings (SSSR count). The van der Waals surface area contributed by atoms with Crippen LogP contribution >= 0.6 is 0 Å². The van der Waals surface area contributed by atoms with E-state index in [1.165, 1.54) is 6.07 Å². The number of rotatable bonds is 3. The highest BCUT2D eigenvalue weighted by molar-refractivity contribution is 5.77. The summed E-state index contributed by atoms with van der Waals surface area (Å²) in [5.41, 5.74) is 0.895. The van der Waals surface area contributed by atoms with Gasteiger partial charge in [-0.15, -0.1) is 0 Å². The minimum absolute atomic E-state index is 0.0206. The van der Waals surface area contributed by atoms with Gasteiger partial charge < -0.3 is 15.0 Å². The first-order valence-electron chi connectivity index (χ1n) is 8.01. The fraction of sp³-hybridized carbons (Fsp3) is 0.588. The van der Waals surface area contributed by atoms with Gasteiger partial charge in [0.25, 0.3) is 0 Å². The van der Waals surface area contributed by atoms with E-state index in [1.807, 2.05) is 11.0 Å². The van der Waals surface area contributed by atoms with Crippen molar-refractivity contribution in [2.75, 3.05) is 26.3 Å². The zero-order chi connectivity index (χ0) is 15.5. The Morgan fingerprint density at radius 3 is 3.09 bits per heavy atom. The molecule has 0 spiro atoms. The Balaban J connectivity index is 1.72. The first-order valence-corrected chi connectivity index (χ1v) is 8.01. The van der Waals surface area contributed by atoms with Gasteiger partial charge in [-0.3, -0.25) is 4.79 Å². The number of ether oxygens (including phenoxy) is 1. The lowest BCUT2D eigenvalue weighted by Crippen LogP contribution is -2.45. The van der Waals surface area contributed by atoms with Crippen LogP contribution < -0.4 is 5.32 Å². The largest absolute Gasteiger partial charge is 0.378 e. The van der Waals surface area contributed by atoms with Crippen molar-refractivity contribution in [3.63, 3.8) is 0 Å². The molecule has 3 atom stereocenters. The predicted octanol–water partition coefficient (Wildman–Crippen LogP) is 2.11. The fourth-order valence-electron chi connectivity index (χ4n) is 3.50. The van der Waals surface area contributed by atoms with Crippen LogP contribution in [-0.2, 0) is 9.53 Å². The summed E-state index contributed by atoms with van der Waals surface area (Å²) in [7, 11) is 0. The van der Waals surface area contributed by atoms with Crippen molar-refractivity contribution in [3.05, 3.63) is 35.6 Å². The number of nitrogens with zero attached hydrogens (tertiary/aromatic N) is 1. The van der Waals surface area contributed by atoms with Gasteiger partial charge in [0.05, 0.1) is 19.3 Å². The van der Waals surface area contributed by atoms with Gasteiger partial charge in [0, 0.05) is 25.6 Å². The third-order valence-corrected chi connectivity index (χ3v) is 4.63. The van der Waals surface area contributed by atoms with E-state index in [1.54, 1.807) is 12.1 Å². The van der Waals surface area contributed by atoms with Crippen LogP contribution in [0.5, 0.6) is 0 Å². The van der Waals surface area contributed by atoms with Crippen LogP contribution in [-0.4, -0.2) is 43.2 Å². The van der Waals surface area contributed by atoms with E-state index in [4.69, 9.17) is 4.74 Å². The summed E-state index contributed by atoms with van der Waals surface area (Å²) in [6, 6.07) is 6.69. The molecule has 3 unspecified atom stereocenters. The zero-order valence-electron chi connectivity index (χ0n) is 12.9. The van der Waals surface area contributed by atoms with Crippen LogP contribution in [0.2, 0.25) is 0 Å². The molecule has 0 aliphatic carbocycles. The Morgan fingerprint density at radius 2 is 2.36 bits per heavy atom. The van der Waals surface area contributed by atoms with E-state index < -0.39 is 0 Å². The SMILES string of the molecule is CC1CCN(C(=O)CC2COCCN2)C1c1cccc(F)c1. The maximum atomic E-state index is 13.5. The Labute approximate surface area is 130 Å². The topological polar surface area (TPSA) is 41.6 Å². The van der Waals surface area contributed by atoms with Crippen LogP contribution in [0.3, 0.4) is 0 Å². The van der Waals surface area contributed by atoms with Gasteiger partial charge in [0.2, 0.25) is 5.91 Å². The molecule has 0 aromatic heterocycles.